The molecule has 4 nitrogen and oxygen atoms in total. The van der Waals surface area contributed by atoms with Crippen molar-refractivity contribution in [2.45, 2.75) is 37.1 Å². The van der Waals surface area contributed by atoms with Crippen LogP contribution >= 0.6 is 0 Å². The molecule has 20 heavy (non-hydrogen) atoms. The van der Waals surface area contributed by atoms with Gasteiger partial charge in [0.2, 0.25) is 10.0 Å². The molecule has 0 saturated heterocycles. The molecule has 0 amide bonds. The Morgan fingerprint density at radius 3 is 2.65 bits per heavy atom. The van der Waals surface area contributed by atoms with Crippen molar-refractivity contribution >= 4 is 10.0 Å². The lowest BCUT2D eigenvalue weighted by Crippen LogP contribution is -2.32. The molecule has 1 aliphatic rings. The first-order chi connectivity index (χ1) is 9.51. The molecule has 2 N–H and O–H groups in total. The summed E-state index contributed by atoms with van der Waals surface area (Å²) in [6.07, 6.45) is 6.28. The Labute approximate surface area is 120 Å². The van der Waals surface area contributed by atoms with Crippen LogP contribution in [0.15, 0.2) is 41.3 Å². The average molecular weight is 295 g/mol. The molecular formula is C15H21NO3S. The zero-order chi connectivity index (χ0) is 14.6. The Bertz CT molecular complexity index is 563. The number of hydrogen-bond donors (Lipinski definition) is 2. The van der Waals surface area contributed by atoms with E-state index in [2.05, 4.69) is 4.72 Å². The third-order valence-electron chi connectivity index (χ3n) is 3.64. The van der Waals surface area contributed by atoms with Crippen molar-refractivity contribution in [2.75, 3.05) is 6.61 Å². The number of hydrogen-bond acceptors (Lipinski definition) is 3. The molecule has 5 heteroatoms. The van der Waals surface area contributed by atoms with Crippen molar-refractivity contribution in [3.05, 3.63) is 42.0 Å². The van der Waals surface area contributed by atoms with E-state index in [4.69, 9.17) is 5.11 Å². The Kier molecular flexibility index (Phi) is 4.96. The first kappa shape index (κ1) is 15.2. The van der Waals surface area contributed by atoms with Crippen LogP contribution in [0.25, 0.3) is 0 Å². The number of aryl methyl sites for hydroxylation is 1. The summed E-state index contributed by atoms with van der Waals surface area (Å²) in [4.78, 5) is 0.317. The van der Waals surface area contributed by atoms with E-state index in [1.54, 1.807) is 30.3 Å². The fraction of sp³-hybridized carbons (Fsp3) is 0.467. The molecule has 0 heterocycles. The number of rotatable bonds is 5. The normalized spacial score (nSPS) is 23.5. The van der Waals surface area contributed by atoms with Gasteiger partial charge in [-0.15, -0.1) is 0 Å². The highest BCUT2D eigenvalue weighted by molar-refractivity contribution is 7.89. The van der Waals surface area contributed by atoms with Crippen LogP contribution in [-0.4, -0.2) is 26.2 Å². The molecule has 110 valence electrons. The van der Waals surface area contributed by atoms with E-state index in [1.807, 2.05) is 13.0 Å². The molecule has 0 radical (unpaired) electrons. The van der Waals surface area contributed by atoms with Crippen LogP contribution in [0.5, 0.6) is 0 Å². The van der Waals surface area contributed by atoms with Crippen LogP contribution in [0.3, 0.4) is 0 Å². The minimum Gasteiger partial charge on any atom is -0.392 e. The van der Waals surface area contributed by atoms with Gasteiger partial charge in [-0.1, -0.05) is 29.8 Å². The van der Waals surface area contributed by atoms with Crippen molar-refractivity contribution < 1.29 is 13.5 Å². The monoisotopic (exact) mass is 295 g/mol. The first-order valence-corrected chi connectivity index (χ1v) is 8.36. The molecule has 1 aromatic carbocycles. The van der Waals surface area contributed by atoms with Crippen LogP contribution in [0.2, 0.25) is 0 Å². The summed E-state index contributed by atoms with van der Waals surface area (Å²) in [6.45, 7) is 1.97. The second kappa shape index (κ2) is 6.52. The summed E-state index contributed by atoms with van der Waals surface area (Å²) in [6, 6.07) is 6.85. The highest BCUT2D eigenvalue weighted by atomic mass is 32.2. The molecule has 2 atom stereocenters. The number of aliphatic hydroxyl groups is 1. The molecular weight excluding hydrogens is 274 g/mol. The summed E-state index contributed by atoms with van der Waals surface area (Å²) in [5.41, 5.74) is 1.04. The molecule has 1 fully saturated rings. The van der Waals surface area contributed by atoms with Crippen LogP contribution in [0.4, 0.5) is 0 Å². The lowest BCUT2D eigenvalue weighted by Gasteiger charge is -2.13. The Hall–Kier alpha value is -1.17. The number of nitrogens with one attached hydrogen (secondary N) is 1. The number of benzene rings is 1. The molecule has 0 aliphatic heterocycles. The van der Waals surface area contributed by atoms with Gasteiger partial charge in [-0.05, 0) is 44.2 Å². The van der Waals surface area contributed by atoms with Gasteiger partial charge in [0.15, 0.2) is 0 Å². The quantitative estimate of drug-likeness (QED) is 0.816. The van der Waals surface area contributed by atoms with Crippen molar-refractivity contribution in [3.63, 3.8) is 0 Å². The Balaban J connectivity index is 1.99. The van der Waals surface area contributed by atoms with Crippen LogP contribution < -0.4 is 4.72 Å². The van der Waals surface area contributed by atoms with Gasteiger partial charge < -0.3 is 5.11 Å². The third kappa shape index (κ3) is 3.91. The van der Waals surface area contributed by atoms with Gasteiger partial charge in [0.1, 0.15) is 0 Å². The number of aliphatic hydroxyl groups excluding tert-OH is 1. The Morgan fingerprint density at radius 2 is 2.00 bits per heavy atom. The van der Waals surface area contributed by atoms with Crippen molar-refractivity contribution in [3.8, 4) is 0 Å². The van der Waals surface area contributed by atoms with Crippen LogP contribution in [0, 0.1) is 12.8 Å². The van der Waals surface area contributed by atoms with Gasteiger partial charge in [0.25, 0.3) is 0 Å². The summed E-state index contributed by atoms with van der Waals surface area (Å²) in [5, 5.41) is 8.75. The number of sulfonamides is 1. The zero-order valence-electron chi connectivity index (χ0n) is 11.6. The average Bonchev–Trinajstić information content (AvgIpc) is 2.83. The molecule has 0 spiro atoms. The van der Waals surface area contributed by atoms with Gasteiger partial charge in [0, 0.05) is 6.04 Å². The lowest BCUT2D eigenvalue weighted by molar-refractivity contribution is 0.341. The molecule has 1 saturated carbocycles. The summed E-state index contributed by atoms with van der Waals surface area (Å²) in [7, 11) is -3.43. The summed E-state index contributed by atoms with van der Waals surface area (Å²) in [5.74, 6) is 0.355. The van der Waals surface area contributed by atoms with Gasteiger partial charge in [-0.2, -0.15) is 0 Å². The smallest absolute Gasteiger partial charge is 0.240 e. The van der Waals surface area contributed by atoms with E-state index in [-0.39, 0.29) is 12.6 Å². The molecule has 1 aliphatic carbocycles. The van der Waals surface area contributed by atoms with Crippen molar-refractivity contribution in [2.24, 2.45) is 5.92 Å². The number of allylic oxidation sites excluding steroid dienone is 1. The Morgan fingerprint density at radius 1 is 1.30 bits per heavy atom. The predicted molar refractivity (Wildman–Crippen MR) is 78.9 cm³/mol. The van der Waals surface area contributed by atoms with E-state index >= 15 is 0 Å². The standard InChI is InChI=1S/C15H21NO3S/c1-12-4-8-15(9-5-12)20(18,19)16-14-7-6-13(11-14)3-2-10-17/h2-5,8-9,13-14,16-17H,6-7,10-11H2,1H3. The molecule has 0 bridgehead atoms. The van der Waals surface area contributed by atoms with E-state index in [0.717, 1.165) is 24.8 Å². The second-order valence-corrected chi connectivity index (χ2v) is 7.03. The summed E-state index contributed by atoms with van der Waals surface area (Å²) < 4.78 is 27.3. The van der Waals surface area contributed by atoms with Gasteiger partial charge in [-0.25, -0.2) is 13.1 Å². The molecule has 2 rings (SSSR count). The van der Waals surface area contributed by atoms with Gasteiger partial charge in [-0.3, -0.25) is 0 Å². The minimum absolute atomic E-state index is 0.0188. The first-order valence-electron chi connectivity index (χ1n) is 6.88. The van der Waals surface area contributed by atoms with E-state index < -0.39 is 10.0 Å². The molecule has 1 aromatic rings. The van der Waals surface area contributed by atoms with Gasteiger partial charge in [0.05, 0.1) is 11.5 Å². The highest BCUT2D eigenvalue weighted by Gasteiger charge is 2.27. The topological polar surface area (TPSA) is 66.4 Å². The predicted octanol–water partition coefficient (Wildman–Crippen LogP) is 1.99. The third-order valence-corrected chi connectivity index (χ3v) is 5.18. The largest absolute Gasteiger partial charge is 0.392 e. The van der Waals surface area contributed by atoms with E-state index in [1.165, 1.54) is 0 Å². The molecule has 0 aromatic heterocycles. The zero-order valence-corrected chi connectivity index (χ0v) is 12.4. The van der Waals surface area contributed by atoms with Gasteiger partial charge >= 0.3 is 0 Å². The van der Waals surface area contributed by atoms with Crippen molar-refractivity contribution in [1.82, 2.24) is 4.72 Å². The minimum atomic E-state index is -3.43. The second-order valence-electron chi connectivity index (χ2n) is 5.32. The van der Waals surface area contributed by atoms with Crippen LogP contribution in [0.1, 0.15) is 24.8 Å². The molecule has 2 unspecified atom stereocenters. The lowest BCUT2D eigenvalue weighted by atomic mass is 10.1. The fourth-order valence-electron chi connectivity index (χ4n) is 2.56. The highest BCUT2D eigenvalue weighted by Crippen LogP contribution is 2.27. The SMILES string of the molecule is Cc1ccc(S(=O)(=O)NC2CCC(C=CCO)C2)cc1. The summed E-state index contributed by atoms with van der Waals surface area (Å²) >= 11 is 0. The maximum atomic E-state index is 12.3. The van der Waals surface area contributed by atoms with E-state index in [9.17, 15) is 8.42 Å². The maximum absolute atomic E-state index is 12.3. The van der Waals surface area contributed by atoms with E-state index in [0.29, 0.717) is 10.8 Å². The van der Waals surface area contributed by atoms with Crippen molar-refractivity contribution in [1.29, 1.82) is 0 Å². The fourth-order valence-corrected chi connectivity index (χ4v) is 3.84. The maximum Gasteiger partial charge on any atom is 0.240 e. The van der Waals surface area contributed by atoms with Crippen LogP contribution in [-0.2, 0) is 10.0 Å².